The van der Waals surface area contributed by atoms with E-state index in [1.165, 1.54) is 24.1 Å². The van der Waals surface area contributed by atoms with Gasteiger partial charge in [-0.05, 0) is 72.9 Å². The number of fused-ring (bicyclic) bond motifs is 2. The number of rotatable bonds is 7. The minimum absolute atomic E-state index is 0.0611. The van der Waals surface area contributed by atoms with Gasteiger partial charge >= 0.3 is 0 Å². The molecule has 1 aliphatic rings. The Morgan fingerprint density at radius 2 is 1.84 bits per heavy atom. The predicted molar refractivity (Wildman–Crippen MR) is 145 cm³/mol. The topological polar surface area (TPSA) is 69.0 Å². The number of hydrogen-bond acceptors (Lipinski definition) is 5. The van der Waals surface area contributed by atoms with E-state index in [0.29, 0.717) is 40.3 Å². The SMILES string of the molecule is COc1cc(C2c3c(oc4ccc(F)cc4c3=O)C(=O)N2c2ccc(C)c(Cl)c2)ccc1OCCC(C)C. The highest BCUT2D eigenvalue weighted by molar-refractivity contribution is 6.31. The standard InChI is InChI=1S/C30H27ClFNO5/c1-16(2)11-12-37-24-9-6-18(13-25(24)36-4)27-26-28(34)21-14-19(32)7-10-23(21)38-29(26)30(35)33(27)20-8-5-17(3)22(31)15-20/h5-10,13-16,27H,11-12H2,1-4H3. The predicted octanol–water partition coefficient (Wildman–Crippen LogP) is 7.08. The molecule has 0 spiro atoms. The van der Waals surface area contributed by atoms with Crippen molar-refractivity contribution in [2.24, 2.45) is 5.92 Å². The molecule has 0 saturated heterocycles. The van der Waals surface area contributed by atoms with E-state index < -0.39 is 23.2 Å². The summed E-state index contributed by atoms with van der Waals surface area (Å²) in [4.78, 5) is 29.0. The Kier molecular flexibility index (Phi) is 6.88. The summed E-state index contributed by atoms with van der Waals surface area (Å²) in [5, 5.41) is 0.536. The minimum Gasteiger partial charge on any atom is -0.493 e. The Labute approximate surface area is 224 Å². The smallest absolute Gasteiger partial charge is 0.295 e. The summed E-state index contributed by atoms with van der Waals surface area (Å²) in [7, 11) is 1.53. The molecule has 1 atom stereocenters. The Morgan fingerprint density at radius 1 is 1.05 bits per heavy atom. The van der Waals surface area contributed by atoms with Crippen molar-refractivity contribution in [1.29, 1.82) is 0 Å². The van der Waals surface area contributed by atoms with Crippen molar-refractivity contribution in [3.8, 4) is 11.5 Å². The lowest BCUT2D eigenvalue weighted by atomic mass is 9.97. The van der Waals surface area contributed by atoms with E-state index in [4.69, 9.17) is 25.5 Å². The van der Waals surface area contributed by atoms with Crippen LogP contribution < -0.4 is 19.8 Å². The van der Waals surface area contributed by atoms with Crippen LogP contribution in [0.3, 0.4) is 0 Å². The fourth-order valence-electron chi connectivity index (χ4n) is 4.64. The molecule has 8 heteroatoms. The van der Waals surface area contributed by atoms with Crippen LogP contribution in [-0.4, -0.2) is 19.6 Å². The molecule has 0 fully saturated rings. The number of nitrogens with zero attached hydrogens (tertiary/aromatic N) is 1. The number of anilines is 1. The Bertz CT molecular complexity index is 1610. The van der Waals surface area contributed by atoms with E-state index in [9.17, 15) is 14.0 Å². The molecule has 0 radical (unpaired) electrons. The Morgan fingerprint density at radius 3 is 2.55 bits per heavy atom. The maximum absolute atomic E-state index is 14.1. The number of carbonyl (C=O) groups is 1. The molecule has 38 heavy (non-hydrogen) atoms. The summed E-state index contributed by atoms with van der Waals surface area (Å²) in [6.45, 7) is 6.61. The van der Waals surface area contributed by atoms with Crippen molar-refractivity contribution in [2.75, 3.05) is 18.6 Å². The van der Waals surface area contributed by atoms with Crippen molar-refractivity contribution < 1.29 is 23.1 Å². The van der Waals surface area contributed by atoms with Gasteiger partial charge < -0.3 is 13.9 Å². The highest BCUT2D eigenvalue weighted by atomic mass is 35.5. The average Bonchev–Trinajstić information content (AvgIpc) is 3.18. The lowest BCUT2D eigenvalue weighted by Crippen LogP contribution is -2.29. The van der Waals surface area contributed by atoms with Crippen LogP contribution in [0.4, 0.5) is 10.1 Å². The molecule has 5 rings (SSSR count). The van der Waals surface area contributed by atoms with Gasteiger partial charge in [-0.25, -0.2) is 4.39 Å². The van der Waals surface area contributed by atoms with E-state index in [1.807, 2.05) is 6.92 Å². The number of benzene rings is 3. The molecule has 0 saturated carbocycles. The first kappa shape index (κ1) is 25.8. The van der Waals surface area contributed by atoms with Crippen molar-refractivity contribution in [2.45, 2.75) is 33.2 Å². The van der Waals surface area contributed by atoms with Crippen molar-refractivity contribution >= 4 is 34.2 Å². The van der Waals surface area contributed by atoms with Crippen LogP contribution in [0, 0.1) is 18.7 Å². The van der Waals surface area contributed by atoms with Gasteiger partial charge in [0, 0.05) is 10.7 Å². The van der Waals surface area contributed by atoms with Crippen molar-refractivity contribution in [1.82, 2.24) is 0 Å². The number of halogens is 2. The van der Waals surface area contributed by atoms with Crippen LogP contribution in [0.2, 0.25) is 5.02 Å². The zero-order valence-electron chi connectivity index (χ0n) is 21.5. The molecule has 0 bridgehead atoms. The largest absolute Gasteiger partial charge is 0.493 e. The van der Waals surface area contributed by atoms with Crippen molar-refractivity contribution in [3.05, 3.63) is 98.1 Å². The molecule has 0 aliphatic carbocycles. The first-order chi connectivity index (χ1) is 18.2. The number of amides is 1. The first-order valence-electron chi connectivity index (χ1n) is 12.4. The third-order valence-corrected chi connectivity index (χ3v) is 7.13. The van der Waals surface area contributed by atoms with Crippen LogP contribution in [0.15, 0.2) is 63.8 Å². The summed E-state index contributed by atoms with van der Waals surface area (Å²) in [5.74, 6) is 0.341. The van der Waals surface area contributed by atoms with Gasteiger partial charge in [-0.15, -0.1) is 0 Å². The second kappa shape index (κ2) is 10.1. The molecular formula is C30H27ClFNO5. The summed E-state index contributed by atoms with van der Waals surface area (Å²) in [5.41, 5.74) is 1.72. The maximum atomic E-state index is 14.1. The van der Waals surface area contributed by atoms with Gasteiger partial charge in [0.1, 0.15) is 11.4 Å². The van der Waals surface area contributed by atoms with Crippen LogP contribution in [-0.2, 0) is 0 Å². The molecule has 0 N–H and O–H groups in total. The second-order valence-corrected chi connectivity index (χ2v) is 10.2. The van der Waals surface area contributed by atoms with Gasteiger partial charge in [-0.3, -0.25) is 14.5 Å². The Hall–Kier alpha value is -3.84. The zero-order valence-corrected chi connectivity index (χ0v) is 22.3. The molecule has 1 aromatic heterocycles. The fraction of sp³-hybridized carbons (Fsp3) is 0.267. The van der Waals surface area contributed by atoms with Gasteiger partial charge in [0.25, 0.3) is 5.91 Å². The zero-order chi connectivity index (χ0) is 27.1. The number of methoxy groups -OCH3 is 1. The molecule has 196 valence electrons. The van der Waals surface area contributed by atoms with Gasteiger partial charge in [0.2, 0.25) is 5.76 Å². The average molecular weight is 536 g/mol. The quantitative estimate of drug-likeness (QED) is 0.253. The fourth-order valence-corrected chi connectivity index (χ4v) is 4.81. The summed E-state index contributed by atoms with van der Waals surface area (Å²) >= 11 is 6.42. The minimum atomic E-state index is -0.862. The van der Waals surface area contributed by atoms with Crippen LogP contribution in [0.25, 0.3) is 11.0 Å². The molecule has 6 nitrogen and oxygen atoms in total. The monoisotopic (exact) mass is 535 g/mol. The number of carbonyl (C=O) groups excluding carboxylic acids is 1. The van der Waals surface area contributed by atoms with Crippen LogP contribution in [0.1, 0.15) is 53.6 Å². The van der Waals surface area contributed by atoms with E-state index in [-0.39, 0.29) is 22.3 Å². The summed E-state index contributed by atoms with van der Waals surface area (Å²) < 4.78 is 31.5. The molecule has 3 aromatic carbocycles. The molecule has 2 heterocycles. The third-order valence-electron chi connectivity index (χ3n) is 6.72. The van der Waals surface area contributed by atoms with E-state index in [2.05, 4.69) is 13.8 Å². The van der Waals surface area contributed by atoms with Gasteiger partial charge in [-0.1, -0.05) is 37.6 Å². The molecule has 4 aromatic rings. The number of ether oxygens (including phenoxy) is 2. The maximum Gasteiger partial charge on any atom is 0.295 e. The molecule has 1 unspecified atom stereocenters. The number of aryl methyl sites for hydroxylation is 1. The second-order valence-electron chi connectivity index (χ2n) is 9.77. The number of hydrogen-bond donors (Lipinski definition) is 0. The highest BCUT2D eigenvalue weighted by Gasteiger charge is 2.44. The van der Waals surface area contributed by atoms with Gasteiger partial charge in [0.15, 0.2) is 16.9 Å². The molecule has 1 amide bonds. The first-order valence-corrected chi connectivity index (χ1v) is 12.7. The third kappa shape index (κ3) is 4.52. The van der Waals surface area contributed by atoms with E-state index in [0.717, 1.165) is 18.1 Å². The summed E-state index contributed by atoms with van der Waals surface area (Å²) in [6.07, 6.45) is 0.877. The summed E-state index contributed by atoms with van der Waals surface area (Å²) in [6, 6.07) is 13.4. The van der Waals surface area contributed by atoms with Crippen LogP contribution >= 0.6 is 11.6 Å². The highest BCUT2D eigenvalue weighted by Crippen LogP contribution is 2.44. The van der Waals surface area contributed by atoms with E-state index >= 15 is 0 Å². The van der Waals surface area contributed by atoms with Crippen LogP contribution in [0.5, 0.6) is 11.5 Å². The molecule has 1 aliphatic heterocycles. The lowest BCUT2D eigenvalue weighted by Gasteiger charge is -2.26. The van der Waals surface area contributed by atoms with Gasteiger partial charge in [0.05, 0.1) is 30.7 Å². The van der Waals surface area contributed by atoms with E-state index in [1.54, 1.807) is 36.4 Å². The van der Waals surface area contributed by atoms with Gasteiger partial charge in [-0.2, -0.15) is 0 Å². The van der Waals surface area contributed by atoms with Crippen molar-refractivity contribution in [3.63, 3.8) is 0 Å². The Balaban J connectivity index is 1.70. The lowest BCUT2D eigenvalue weighted by molar-refractivity contribution is 0.0971. The molecular weight excluding hydrogens is 509 g/mol. The normalized spacial score (nSPS) is 14.9.